The molecule has 0 aliphatic carbocycles. The molecule has 0 bridgehead atoms. The van der Waals surface area contributed by atoms with E-state index in [2.05, 4.69) is 9.97 Å². The Kier molecular flexibility index (Phi) is 4.91. The monoisotopic (exact) mass is 303 g/mol. The number of carbonyl (C=O) groups excluding carboxylic acids is 1. The average Bonchev–Trinajstić information content (AvgIpc) is 2.46. The predicted octanol–water partition coefficient (Wildman–Crippen LogP) is 3.14. The number of likely N-dealkylation sites (N-methyl/N-ethyl adjacent to an activating group) is 1. The molecule has 2 rings (SSSR count). The van der Waals surface area contributed by atoms with Crippen LogP contribution in [0.25, 0.3) is 0 Å². The van der Waals surface area contributed by atoms with E-state index in [4.69, 9.17) is 11.6 Å². The molecule has 2 aromatic rings. The van der Waals surface area contributed by atoms with Gasteiger partial charge in [0.05, 0.1) is 5.02 Å². The fourth-order valence-electron chi connectivity index (χ4n) is 2.03. The summed E-state index contributed by atoms with van der Waals surface area (Å²) in [5.74, 6) is -0.119. The van der Waals surface area contributed by atoms with Crippen molar-refractivity contribution in [2.75, 3.05) is 7.05 Å². The maximum absolute atomic E-state index is 12.4. The molecule has 2 aromatic heterocycles. The van der Waals surface area contributed by atoms with Crippen molar-refractivity contribution in [2.24, 2.45) is 0 Å². The molecule has 0 radical (unpaired) electrons. The molecule has 0 saturated heterocycles. The second kappa shape index (κ2) is 6.68. The minimum atomic E-state index is -0.119. The van der Waals surface area contributed by atoms with E-state index in [0.717, 1.165) is 5.69 Å². The maximum Gasteiger partial charge on any atom is 0.272 e. The molecule has 0 N–H and O–H groups in total. The van der Waals surface area contributed by atoms with E-state index in [9.17, 15) is 4.79 Å². The number of nitrogens with zero attached hydrogens (tertiary/aromatic N) is 3. The minimum absolute atomic E-state index is 0.0317. The predicted molar refractivity (Wildman–Crippen MR) is 83.5 cm³/mol. The van der Waals surface area contributed by atoms with Crippen LogP contribution < -0.4 is 0 Å². The zero-order chi connectivity index (χ0) is 15.4. The van der Waals surface area contributed by atoms with Gasteiger partial charge in [0.2, 0.25) is 0 Å². The van der Waals surface area contributed by atoms with Gasteiger partial charge in [0.25, 0.3) is 5.91 Å². The third kappa shape index (κ3) is 4.02. The molecule has 0 saturated carbocycles. The highest BCUT2D eigenvalue weighted by Crippen LogP contribution is 2.12. The number of rotatable bonds is 4. The molecular weight excluding hydrogens is 286 g/mol. The van der Waals surface area contributed by atoms with E-state index in [0.29, 0.717) is 17.1 Å². The molecule has 5 heteroatoms. The van der Waals surface area contributed by atoms with E-state index in [1.165, 1.54) is 11.8 Å². The summed E-state index contributed by atoms with van der Waals surface area (Å²) in [6, 6.07) is 7.33. The molecule has 110 valence electrons. The largest absolute Gasteiger partial charge is 0.337 e. The van der Waals surface area contributed by atoms with Crippen LogP contribution in [0.15, 0.2) is 36.7 Å². The highest BCUT2D eigenvalue weighted by Gasteiger charge is 2.19. The topological polar surface area (TPSA) is 46.1 Å². The molecule has 1 atom stereocenters. The van der Waals surface area contributed by atoms with Gasteiger partial charge < -0.3 is 4.90 Å². The van der Waals surface area contributed by atoms with Gasteiger partial charge in [-0.15, -0.1) is 0 Å². The first-order chi connectivity index (χ1) is 9.97. The Balaban J connectivity index is 2.06. The van der Waals surface area contributed by atoms with E-state index in [-0.39, 0.29) is 11.9 Å². The maximum atomic E-state index is 12.4. The molecule has 0 aromatic carbocycles. The van der Waals surface area contributed by atoms with Gasteiger partial charge in [-0.1, -0.05) is 11.6 Å². The highest BCUT2D eigenvalue weighted by atomic mass is 35.5. The zero-order valence-electron chi connectivity index (χ0n) is 12.4. The number of amides is 1. The summed E-state index contributed by atoms with van der Waals surface area (Å²) >= 11 is 5.78. The van der Waals surface area contributed by atoms with Crippen molar-refractivity contribution in [2.45, 2.75) is 26.3 Å². The zero-order valence-corrected chi connectivity index (χ0v) is 13.1. The third-order valence-corrected chi connectivity index (χ3v) is 3.63. The van der Waals surface area contributed by atoms with Crippen LogP contribution in [-0.4, -0.2) is 33.9 Å². The molecule has 0 aliphatic heterocycles. The van der Waals surface area contributed by atoms with Crippen LogP contribution >= 0.6 is 11.6 Å². The summed E-state index contributed by atoms with van der Waals surface area (Å²) < 4.78 is 0. The van der Waals surface area contributed by atoms with E-state index < -0.39 is 0 Å². The molecule has 21 heavy (non-hydrogen) atoms. The van der Waals surface area contributed by atoms with Gasteiger partial charge in [0.15, 0.2) is 0 Å². The van der Waals surface area contributed by atoms with Gasteiger partial charge in [-0.3, -0.25) is 9.78 Å². The van der Waals surface area contributed by atoms with Crippen molar-refractivity contribution in [3.63, 3.8) is 0 Å². The van der Waals surface area contributed by atoms with Crippen LogP contribution in [0.3, 0.4) is 0 Å². The van der Waals surface area contributed by atoms with Crippen molar-refractivity contribution in [1.29, 1.82) is 0 Å². The summed E-state index contributed by atoms with van der Waals surface area (Å²) in [7, 11) is 1.78. The van der Waals surface area contributed by atoms with Crippen LogP contribution in [0, 0.1) is 6.92 Å². The Morgan fingerprint density at radius 3 is 2.71 bits per heavy atom. The minimum Gasteiger partial charge on any atom is -0.337 e. The molecule has 4 nitrogen and oxygen atoms in total. The normalized spacial score (nSPS) is 12.0. The molecule has 0 fully saturated rings. The van der Waals surface area contributed by atoms with Crippen LogP contribution in [0.4, 0.5) is 0 Å². The summed E-state index contributed by atoms with van der Waals surface area (Å²) in [6.45, 7) is 4.03. The molecule has 1 amide bonds. The van der Waals surface area contributed by atoms with Gasteiger partial charge in [-0.2, -0.15) is 0 Å². The SMILES string of the molecule is Cc1ccnc(CC(C)N(C)C(=O)c2ccc(Cl)cn2)c1. The first-order valence-electron chi connectivity index (χ1n) is 6.77. The number of halogens is 1. The molecule has 0 aliphatic rings. The number of hydrogen-bond donors (Lipinski definition) is 0. The van der Waals surface area contributed by atoms with Gasteiger partial charge >= 0.3 is 0 Å². The van der Waals surface area contributed by atoms with Gasteiger partial charge in [0, 0.05) is 37.6 Å². The summed E-state index contributed by atoms with van der Waals surface area (Å²) in [5, 5.41) is 0.520. The first kappa shape index (κ1) is 15.4. The summed E-state index contributed by atoms with van der Waals surface area (Å²) in [4.78, 5) is 22.4. The van der Waals surface area contributed by atoms with E-state index in [1.807, 2.05) is 26.0 Å². The van der Waals surface area contributed by atoms with Crippen molar-refractivity contribution >= 4 is 17.5 Å². The van der Waals surface area contributed by atoms with Crippen LogP contribution in [0.5, 0.6) is 0 Å². The second-order valence-electron chi connectivity index (χ2n) is 5.16. The molecule has 2 heterocycles. The third-order valence-electron chi connectivity index (χ3n) is 3.40. The lowest BCUT2D eigenvalue weighted by molar-refractivity contribution is 0.0737. The molecule has 0 spiro atoms. The molecule has 1 unspecified atom stereocenters. The van der Waals surface area contributed by atoms with Gasteiger partial charge in [-0.25, -0.2) is 4.98 Å². The molecular formula is C16H18ClN3O. The summed E-state index contributed by atoms with van der Waals surface area (Å²) in [6.07, 6.45) is 3.98. The number of aromatic nitrogens is 2. The standard InChI is InChI=1S/C16H18ClN3O/c1-11-6-7-18-14(8-11)9-12(2)20(3)16(21)15-5-4-13(17)10-19-15/h4-8,10,12H,9H2,1-3H3. The Hall–Kier alpha value is -1.94. The number of hydrogen-bond acceptors (Lipinski definition) is 3. The average molecular weight is 304 g/mol. The fourth-order valence-corrected chi connectivity index (χ4v) is 2.14. The van der Waals surface area contributed by atoms with Gasteiger partial charge in [0.1, 0.15) is 5.69 Å². The smallest absolute Gasteiger partial charge is 0.272 e. The summed E-state index contributed by atoms with van der Waals surface area (Å²) in [5.41, 5.74) is 2.54. The Labute approximate surface area is 129 Å². The van der Waals surface area contributed by atoms with Crippen LogP contribution in [-0.2, 0) is 6.42 Å². The first-order valence-corrected chi connectivity index (χ1v) is 7.15. The van der Waals surface area contributed by atoms with Crippen molar-refractivity contribution in [3.05, 3.63) is 58.6 Å². The van der Waals surface area contributed by atoms with Gasteiger partial charge in [-0.05, 0) is 43.7 Å². The lowest BCUT2D eigenvalue weighted by Crippen LogP contribution is -2.37. The van der Waals surface area contributed by atoms with Crippen LogP contribution in [0.1, 0.15) is 28.7 Å². The quantitative estimate of drug-likeness (QED) is 0.871. The van der Waals surface area contributed by atoms with Crippen LogP contribution in [0.2, 0.25) is 5.02 Å². The Bertz CT molecular complexity index is 628. The van der Waals surface area contributed by atoms with E-state index >= 15 is 0 Å². The number of pyridine rings is 2. The van der Waals surface area contributed by atoms with Crippen molar-refractivity contribution in [1.82, 2.24) is 14.9 Å². The lowest BCUT2D eigenvalue weighted by atomic mass is 10.1. The lowest BCUT2D eigenvalue weighted by Gasteiger charge is -2.24. The van der Waals surface area contributed by atoms with Crippen molar-refractivity contribution in [3.8, 4) is 0 Å². The second-order valence-corrected chi connectivity index (χ2v) is 5.59. The Morgan fingerprint density at radius 1 is 1.33 bits per heavy atom. The highest BCUT2D eigenvalue weighted by molar-refractivity contribution is 6.30. The number of carbonyl (C=O) groups is 1. The fraction of sp³-hybridized carbons (Fsp3) is 0.312. The number of aryl methyl sites for hydroxylation is 1. The van der Waals surface area contributed by atoms with Crippen molar-refractivity contribution < 1.29 is 4.79 Å². The van der Waals surface area contributed by atoms with E-state index in [1.54, 1.807) is 30.3 Å². The Morgan fingerprint density at radius 2 is 2.10 bits per heavy atom.